The fourth-order valence-corrected chi connectivity index (χ4v) is 6.57. The van der Waals surface area contributed by atoms with E-state index in [1.54, 1.807) is 0 Å². The Hall–Kier alpha value is 0.307. The Balaban J connectivity index is 4.00. The summed E-state index contributed by atoms with van der Waals surface area (Å²) >= 11 is 2.14. The fourth-order valence-electron chi connectivity index (χ4n) is 1.09. The summed E-state index contributed by atoms with van der Waals surface area (Å²) < 4.78 is 0. The maximum atomic E-state index is 3.93. The van der Waals surface area contributed by atoms with Crippen molar-refractivity contribution in [2.24, 2.45) is 0 Å². The van der Waals surface area contributed by atoms with Crippen molar-refractivity contribution in [2.75, 3.05) is 5.75 Å². The molecule has 0 aliphatic carbocycles. The van der Waals surface area contributed by atoms with Crippen molar-refractivity contribution in [3.05, 3.63) is 12.3 Å². The zero-order chi connectivity index (χ0) is 8.04. The van der Waals surface area contributed by atoms with Crippen LogP contribution in [0.3, 0.4) is 0 Å². The van der Waals surface area contributed by atoms with Crippen LogP contribution in [0.5, 0.6) is 0 Å². The van der Waals surface area contributed by atoms with Crippen molar-refractivity contribution in [1.29, 1.82) is 0 Å². The van der Waals surface area contributed by atoms with Gasteiger partial charge in [0.25, 0.3) is 0 Å². The molecule has 2 heteroatoms. The molecule has 0 atom stereocenters. The second kappa shape index (κ2) is 5.02. The van der Waals surface area contributed by atoms with Crippen LogP contribution in [0.25, 0.3) is 0 Å². The van der Waals surface area contributed by atoms with Crippen LogP contribution in [0.15, 0.2) is 12.3 Å². The fraction of sp³-hybridized carbons (Fsp3) is 0.750. The smallest absolute Gasteiger partial charge is 0.139 e. The van der Waals surface area contributed by atoms with E-state index in [0.29, 0.717) is 0 Å². The lowest BCUT2D eigenvalue weighted by atomic mass is 10.9. The second-order valence-corrected chi connectivity index (χ2v) is 10.5. The molecule has 0 radical (unpaired) electrons. The van der Waals surface area contributed by atoms with Crippen LogP contribution in [0, 0.1) is 0 Å². The van der Waals surface area contributed by atoms with Gasteiger partial charge in [-0.15, -0.1) is 6.58 Å². The Morgan fingerprint density at radius 3 is 1.90 bits per heavy atom. The molecule has 0 heterocycles. The summed E-state index contributed by atoms with van der Waals surface area (Å²) in [5, 5.41) is 0. The molecule has 0 saturated heterocycles. The van der Waals surface area contributed by atoms with E-state index < -0.39 is 7.22 Å². The van der Waals surface area contributed by atoms with Crippen LogP contribution in [0.1, 0.15) is 20.8 Å². The predicted molar refractivity (Wildman–Crippen MR) is 55.0 cm³/mol. The first-order valence-corrected chi connectivity index (χ1v) is 8.22. The zero-order valence-electron chi connectivity index (χ0n) is 7.31. The van der Waals surface area contributed by atoms with Crippen molar-refractivity contribution in [3.8, 4) is 0 Å². The summed E-state index contributed by atoms with van der Waals surface area (Å²) in [7, 11) is -1.04. The Labute approximate surface area is 69.8 Å². The molecule has 0 unspecified atom stereocenters. The average molecular weight is 174 g/mol. The molecular weight excluding hydrogens is 156 g/mol. The summed E-state index contributed by atoms with van der Waals surface area (Å²) in [5.41, 5.74) is 2.24. The highest BCUT2D eigenvalue weighted by molar-refractivity contribution is 8.29. The van der Waals surface area contributed by atoms with Crippen LogP contribution < -0.4 is 0 Å². The number of hydrogen-bond donors (Lipinski definition) is 0. The maximum absolute atomic E-state index is 3.93. The van der Waals surface area contributed by atoms with Crippen molar-refractivity contribution in [1.82, 2.24) is 0 Å². The molecule has 0 rings (SSSR count). The minimum atomic E-state index is -1.04. The molecule has 0 saturated carbocycles. The van der Waals surface area contributed by atoms with E-state index >= 15 is 0 Å². The first-order chi connectivity index (χ1) is 4.74. The molecule has 0 nitrogen and oxygen atoms in total. The van der Waals surface area contributed by atoms with Gasteiger partial charge in [0.2, 0.25) is 0 Å². The number of hydrogen-bond acceptors (Lipinski definition) is 1. The minimum Gasteiger partial charge on any atom is -0.180 e. The van der Waals surface area contributed by atoms with Gasteiger partial charge in [-0.3, -0.25) is 0 Å². The normalized spacial score (nSPS) is 11.5. The first-order valence-electron chi connectivity index (χ1n) is 4.02. The van der Waals surface area contributed by atoms with Crippen LogP contribution in [-0.4, -0.2) is 13.0 Å². The predicted octanol–water partition coefficient (Wildman–Crippen LogP) is 3.45. The molecule has 0 aliphatic rings. The molecular formula is C8H18SSi. The molecule has 0 amide bonds. The monoisotopic (exact) mass is 174 g/mol. The van der Waals surface area contributed by atoms with Gasteiger partial charge in [0.05, 0.1) is 0 Å². The van der Waals surface area contributed by atoms with Crippen LogP contribution >= 0.6 is 11.2 Å². The summed E-state index contributed by atoms with van der Waals surface area (Å²) in [4.78, 5) is 0. The zero-order valence-corrected chi connectivity index (χ0v) is 9.13. The molecule has 0 aliphatic heterocycles. The Morgan fingerprint density at radius 2 is 1.80 bits per heavy atom. The van der Waals surface area contributed by atoms with E-state index in [9.17, 15) is 0 Å². The standard InChI is InChI=1S/C8H18SSi/c1-5-9-10(6-2,7-3)8-4/h6H,2,5,7-8H2,1,3-4H3. The lowest BCUT2D eigenvalue weighted by molar-refractivity contribution is 1.31. The first kappa shape index (κ1) is 10.3. The summed E-state index contributed by atoms with van der Waals surface area (Å²) in [6, 6.07) is 2.68. The number of rotatable bonds is 5. The second-order valence-electron chi connectivity index (χ2n) is 2.41. The molecule has 10 heavy (non-hydrogen) atoms. The van der Waals surface area contributed by atoms with Gasteiger partial charge in [0.1, 0.15) is 7.22 Å². The Morgan fingerprint density at radius 1 is 1.30 bits per heavy atom. The average Bonchev–Trinajstić information content (AvgIpc) is 2.01. The van der Waals surface area contributed by atoms with Crippen molar-refractivity contribution >= 4 is 18.4 Å². The topological polar surface area (TPSA) is 0 Å². The highest BCUT2D eigenvalue weighted by Gasteiger charge is 2.24. The van der Waals surface area contributed by atoms with Crippen LogP contribution in [0.4, 0.5) is 0 Å². The van der Waals surface area contributed by atoms with Crippen molar-refractivity contribution in [2.45, 2.75) is 32.9 Å². The van der Waals surface area contributed by atoms with E-state index in [4.69, 9.17) is 0 Å². The van der Waals surface area contributed by atoms with E-state index in [2.05, 4.69) is 44.3 Å². The summed E-state index contributed by atoms with van der Waals surface area (Å²) in [5.74, 6) is 1.25. The van der Waals surface area contributed by atoms with Gasteiger partial charge in [-0.25, -0.2) is 0 Å². The quantitative estimate of drug-likeness (QED) is 0.575. The lowest BCUT2D eigenvalue weighted by Crippen LogP contribution is -2.25. The van der Waals surface area contributed by atoms with E-state index in [-0.39, 0.29) is 0 Å². The molecule has 0 aromatic heterocycles. The van der Waals surface area contributed by atoms with Gasteiger partial charge in [0.15, 0.2) is 0 Å². The van der Waals surface area contributed by atoms with Crippen LogP contribution in [0.2, 0.25) is 12.1 Å². The molecule has 0 N–H and O–H groups in total. The highest BCUT2D eigenvalue weighted by atomic mass is 32.4. The maximum Gasteiger partial charge on any atom is 0.139 e. The van der Waals surface area contributed by atoms with E-state index in [1.807, 2.05) is 0 Å². The summed E-state index contributed by atoms with van der Waals surface area (Å²) in [6.45, 7) is 10.8. The molecule has 0 aromatic rings. The van der Waals surface area contributed by atoms with Gasteiger partial charge >= 0.3 is 0 Å². The van der Waals surface area contributed by atoms with E-state index in [1.165, 1.54) is 17.8 Å². The highest BCUT2D eigenvalue weighted by Crippen LogP contribution is 2.29. The third kappa shape index (κ3) is 2.50. The van der Waals surface area contributed by atoms with E-state index in [0.717, 1.165) is 0 Å². The lowest BCUT2D eigenvalue weighted by Gasteiger charge is -2.23. The molecule has 60 valence electrons. The van der Waals surface area contributed by atoms with Gasteiger partial charge in [0, 0.05) is 0 Å². The van der Waals surface area contributed by atoms with Gasteiger partial charge in [-0.2, -0.15) is 11.2 Å². The molecule has 0 fully saturated rings. The SMILES string of the molecule is C=C[Si](CC)(CC)SCC. The minimum absolute atomic E-state index is 1.04. The largest absolute Gasteiger partial charge is 0.180 e. The molecule has 0 aromatic carbocycles. The van der Waals surface area contributed by atoms with Gasteiger partial charge < -0.3 is 0 Å². The van der Waals surface area contributed by atoms with Gasteiger partial charge in [-0.05, 0) is 17.8 Å². The van der Waals surface area contributed by atoms with Crippen molar-refractivity contribution < 1.29 is 0 Å². The van der Waals surface area contributed by atoms with Crippen LogP contribution in [-0.2, 0) is 0 Å². The third-order valence-electron chi connectivity index (χ3n) is 2.00. The third-order valence-corrected chi connectivity index (χ3v) is 10.8. The van der Waals surface area contributed by atoms with Gasteiger partial charge in [-0.1, -0.05) is 26.5 Å². The molecule has 0 bridgehead atoms. The molecule has 0 spiro atoms. The Bertz CT molecular complexity index is 97.4. The Kier molecular flexibility index (Phi) is 5.18. The summed E-state index contributed by atoms with van der Waals surface area (Å²) in [6.07, 6.45) is 0. The van der Waals surface area contributed by atoms with Crippen molar-refractivity contribution in [3.63, 3.8) is 0 Å².